The second-order valence-corrected chi connectivity index (χ2v) is 2.49. The Kier molecular flexibility index (Phi) is 5.52. The summed E-state index contributed by atoms with van der Waals surface area (Å²) in [6, 6.07) is 0. The second-order valence-electron chi connectivity index (χ2n) is 2.49. The summed E-state index contributed by atoms with van der Waals surface area (Å²) in [4.78, 5) is 0. The van der Waals surface area contributed by atoms with E-state index in [1.807, 2.05) is 5.01 Å². The first-order valence-corrected chi connectivity index (χ1v) is 3.60. The standard InChI is InChI=1S/C6H15N3.H2O/c7-9-5-2-1-3-8-4-6-9;/h8H,1-7H2;1H2. The number of nitrogens with two attached hydrogens (primary N) is 1. The van der Waals surface area contributed by atoms with E-state index in [1.165, 1.54) is 12.8 Å². The number of hydrogen-bond acceptors (Lipinski definition) is 3. The van der Waals surface area contributed by atoms with E-state index in [2.05, 4.69) is 5.32 Å². The number of nitrogens with one attached hydrogen (secondary N) is 1. The van der Waals surface area contributed by atoms with Gasteiger partial charge in [-0.05, 0) is 19.4 Å². The molecule has 0 aromatic rings. The summed E-state index contributed by atoms with van der Waals surface area (Å²) in [7, 11) is 0. The Balaban J connectivity index is 0.000000810. The highest BCUT2D eigenvalue weighted by Gasteiger charge is 2.00. The highest BCUT2D eigenvalue weighted by Crippen LogP contribution is 1.91. The quantitative estimate of drug-likeness (QED) is 0.419. The van der Waals surface area contributed by atoms with E-state index in [4.69, 9.17) is 5.84 Å². The molecule has 1 saturated heterocycles. The molecule has 1 fully saturated rings. The maximum Gasteiger partial charge on any atom is 0.0253 e. The lowest BCUT2D eigenvalue weighted by Gasteiger charge is -2.19. The SMILES string of the molecule is NN1CCCCNCC1.O. The Morgan fingerprint density at radius 3 is 2.70 bits per heavy atom. The van der Waals surface area contributed by atoms with Crippen LogP contribution in [0.25, 0.3) is 0 Å². The number of nitrogens with zero attached hydrogens (tertiary/aromatic N) is 1. The van der Waals surface area contributed by atoms with E-state index in [9.17, 15) is 0 Å². The molecular weight excluding hydrogens is 130 g/mol. The highest BCUT2D eigenvalue weighted by molar-refractivity contribution is 4.58. The fourth-order valence-corrected chi connectivity index (χ4v) is 1.02. The van der Waals surface area contributed by atoms with Gasteiger partial charge in [0.25, 0.3) is 0 Å². The van der Waals surface area contributed by atoms with Gasteiger partial charge >= 0.3 is 0 Å². The minimum atomic E-state index is 0. The third kappa shape index (κ3) is 3.79. The zero-order valence-electron chi connectivity index (χ0n) is 6.27. The summed E-state index contributed by atoms with van der Waals surface area (Å²) in [5, 5.41) is 5.18. The van der Waals surface area contributed by atoms with Gasteiger partial charge in [-0.3, -0.25) is 5.84 Å². The van der Waals surface area contributed by atoms with Gasteiger partial charge in [-0.25, -0.2) is 5.01 Å². The van der Waals surface area contributed by atoms with E-state index in [0.29, 0.717) is 0 Å². The summed E-state index contributed by atoms with van der Waals surface area (Å²) in [6.45, 7) is 4.24. The Morgan fingerprint density at radius 2 is 1.90 bits per heavy atom. The summed E-state index contributed by atoms with van der Waals surface area (Å²) in [5.41, 5.74) is 0. The van der Waals surface area contributed by atoms with Crippen LogP contribution in [0, 0.1) is 0 Å². The van der Waals surface area contributed by atoms with E-state index in [-0.39, 0.29) is 5.48 Å². The van der Waals surface area contributed by atoms with Gasteiger partial charge in [0.1, 0.15) is 0 Å². The fourth-order valence-electron chi connectivity index (χ4n) is 1.02. The van der Waals surface area contributed by atoms with Crippen LogP contribution in [0.1, 0.15) is 12.8 Å². The van der Waals surface area contributed by atoms with Crippen LogP contribution in [0.2, 0.25) is 0 Å². The molecule has 4 nitrogen and oxygen atoms in total. The van der Waals surface area contributed by atoms with Crippen molar-refractivity contribution in [1.82, 2.24) is 10.3 Å². The average Bonchev–Trinajstić information content (AvgIpc) is 1.79. The molecule has 62 valence electrons. The highest BCUT2D eigenvalue weighted by atomic mass is 16.0. The van der Waals surface area contributed by atoms with Gasteiger partial charge in [-0.15, -0.1) is 0 Å². The van der Waals surface area contributed by atoms with E-state index >= 15 is 0 Å². The lowest BCUT2D eigenvalue weighted by atomic mass is 10.3. The molecular formula is C6H17N3O. The monoisotopic (exact) mass is 147 g/mol. The average molecular weight is 147 g/mol. The van der Waals surface area contributed by atoms with Crippen molar-refractivity contribution in [2.75, 3.05) is 26.2 Å². The van der Waals surface area contributed by atoms with Crippen LogP contribution in [-0.4, -0.2) is 36.7 Å². The summed E-state index contributed by atoms with van der Waals surface area (Å²) in [5.74, 6) is 5.60. The Labute approximate surface area is 61.7 Å². The van der Waals surface area contributed by atoms with Crippen molar-refractivity contribution >= 4 is 0 Å². The molecule has 1 aliphatic heterocycles. The smallest absolute Gasteiger partial charge is 0.0253 e. The summed E-state index contributed by atoms with van der Waals surface area (Å²) >= 11 is 0. The molecule has 0 bridgehead atoms. The molecule has 0 saturated carbocycles. The summed E-state index contributed by atoms with van der Waals surface area (Å²) in [6.07, 6.45) is 2.48. The number of hydrazine groups is 1. The molecule has 0 aliphatic carbocycles. The summed E-state index contributed by atoms with van der Waals surface area (Å²) < 4.78 is 0. The molecule has 5 N–H and O–H groups in total. The predicted molar refractivity (Wildman–Crippen MR) is 41.5 cm³/mol. The van der Waals surface area contributed by atoms with E-state index in [1.54, 1.807) is 0 Å². The molecule has 0 unspecified atom stereocenters. The second kappa shape index (κ2) is 5.61. The van der Waals surface area contributed by atoms with Crippen LogP contribution < -0.4 is 11.2 Å². The van der Waals surface area contributed by atoms with Crippen LogP contribution in [0.5, 0.6) is 0 Å². The number of rotatable bonds is 0. The lowest BCUT2D eigenvalue weighted by molar-refractivity contribution is 0.262. The minimum absolute atomic E-state index is 0. The predicted octanol–water partition coefficient (Wildman–Crippen LogP) is -1.28. The van der Waals surface area contributed by atoms with Crippen LogP contribution >= 0.6 is 0 Å². The first-order valence-electron chi connectivity index (χ1n) is 3.60. The topological polar surface area (TPSA) is 72.8 Å². The molecule has 1 heterocycles. The van der Waals surface area contributed by atoms with Gasteiger partial charge < -0.3 is 10.8 Å². The zero-order valence-corrected chi connectivity index (χ0v) is 6.27. The van der Waals surface area contributed by atoms with Crippen LogP contribution in [0.15, 0.2) is 0 Å². The Morgan fingerprint density at radius 1 is 1.10 bits per heavy atom. The van der Waals surface area contributed by atoms with Gasteiger partial charge in [0.05, 0.1) is 0 Å². The molecule has 0 aromatic carbocycles. The first-order chi connectivity index (χ1) is 4.39. The van der Waals surface area contributed by atoms with Crippen LogP contribution in [-0.2, 0) is 0 Å². The molecule has 10 heavy (non-hydrogen) atoms. The zero-order chi connectivity index (χ0) is 6.53. The normalized spacial score (nSPS) is 22.5. The minimum Gasteiger partial charge on any atom is -0.412 e. The van der Waals surface area contributed by atoms with Gasteiger partial charge in [-0.2, -0.15) is 0 Å². The van der Waals surface area contributed by atoms with Crippen molar-refractivity contribution in [3.8, 4) is 0 Å². The van der Waals surface area contributed by atoms with E-state index < -0.39 is 0 Å². The van der Waals surface area contributed by atoms with Crippen molar-refractivity contribution in [1.29, 1.82) is 0 Å². The van der Waals surface area contributed by atoms with Crippen molar-refractivity contribution < 1.29 is 5.48 Å². The van der Waals surface area contributed by atoms with Gasteiger partial charge in [0.15, 0.2) is 0 Å². The largest absolute Gasteiger partial charge is 0.412 e. The molecule has 0 radical (unpaired) electrons. The number of hydrogen-bond donors (Lipinski definition) is 2. The lowest BCUT2D eigenvalue weighted by Crippen LogP contribution is -2.40. The van der Waals surface area contributed by atoms with Crippen LogP contribution in [0.4, 0.5) is 0 Å². The fraction of sp³-hybridized carbons (Fsp3) is 1.00. The Bertz CT molecular complexity index is 71.4. The maximum absolute atomic E-state index is 5.60. The molecule has 1 aliphatic rings. The first kappa shape index (κ1) is 9.84. The molecule has 1 rings (SSSR count). The molecule has 4 heteroatoms. The Hall–Kier alpha value is -0.160. The third-order valence-electron chi connectivity index (χ3n) is 1.62. The molecule has 0 amide bonds. The third-order valence-corrected chi connectivity index (χ3v) is 1.62. The van der Waals surface area contributed by atoms with Gasteiger partial charge in [-0.1, -0.05) is 0 Å². The van der Waals surface area contributed by atoms with Gasteiger partial charge in [0.2, 0.25) is 0 Å². The van der Waals surface area contributed by atoms with Gasteiger partial charge in [0, 0.05) is 19.6 Å². The van der Waals surface area contributed by atoms with Crippen molar-refractivity contribution in [3.05, 3.63) is 0 Å². The van der Waals surface area contributed by atoms with Crippen molar-refractivity contribution in [3.63, 3.8) is 0 Å². The van der Waals surface area contributed by atoms with Crippen molar-refractivity contribution in [2.45, 2.75) is 12.8 Å². The molecule has 0 atom stereocenters. The van der Waals surface area contributed by atoms with E-state index in [0.717, 1.165) is 26.2 Å². The van der Waals surface area contributed by atoms with Crippen molar-refractivity contribution in [2.24, 2.45) is 5.84 Å². The maximum atomic E-state index is 5.60. The molecule has 0 spiro atoms. The van der Waals surface area contributed by atoms with Crippen LogP contribution in [0.3, 0.4) is 0 Å². The molecule has 0 aromatic heterocycles.